The van der Waals surface area contributed by atoms with Crippen molar-refractivity contribution in [1.29, 1.82) is 0 Å². The highest BCUT2D eigenvalue weighted by atomic mass is 32.3. The van der Waals surface area contributed by atoms with Gasteiger partial charge in [-0.25, -0.2) is 4.18 Å². The lowest BCUT2D eigenvalue weighted by atomic mass is 9.99. The summed E-state index contributed by atoms with van der Waals surface area (Å²) >= 11 is 0. The fourth-order valence-electron chi connectivity index (χ4n) is 6.75. The van der Waals surface area contributed by atoms with E-state index in [0.29, 0.717) is 6.42 Å². The Morgan fingerprint density at radius 3 is 1.64 bits per heavy atom. The van der Waals surface area contributed by atoms with Crippen LogP contribution in [0.3, 0.4) is 0 Å². The second kappa shape index (κ2) is 32.0. The lowest BCUT2D eigenvalue weighted by Gasteiger charge is -2.41. The minimum Gasteiger partial charge on any atom is -0.394 e. The van der Waals surface area contributed by atoms with Crippen molar-refractivity contribution in [2.24, 2.45) is 0 Å². The molecule has 1 rings (SSSR count). The summed E-state index contributed by atoms with van der Waals surface area (Å²) in [6.45, 7) is 3.34. The van der Waals surface area contributed by atoms with Gasteiger partial charge in [0.05, 0.1) is 25.4 Å². The Bertz CT molecular complexity index is 1010. The van der Waals surface area contributed by atoms with Crippen LogP contribution >= 0.6 is 0 Å². The highest BCUT2D eigenvalue weighted by Gasteiger charge is 2.48. The standard InChI is InChI=1S/C40H77NO11S/c1-3-5-7-9-11-13-14-15-16-17-18-19-20-22-24-26-28-30-36(44)41-33(34(43)29-27-25-23-21-12-10-8-6-4-2)32-50-40-38(46)39(52-53(47,48)49)37(45)35(31-42)51-40/h27,29,33-35,37-40,42-43,45-46H,3-26,28,30-32H2,1-2H3,(H,41,44)(H,47,48,49)/b29-27+. The number of nitrogens with one attached hydrogen (secondary N) is 1. The van der Waals surface area contributed by atoms with Crippen molar-refractivity contribution in [2.75, 3.05) is 13.2 Å². The Morgan fingerprint density at radius 1 is 0.736 bits per heavy atom. The van der Waals surface area contributed by atoms with Crippen molar-refractivity contribution < 1.29 is 51.8 Å². The number of allylic oxidation sites excluding steroid dienone is 1. The van der Waals surface area contributed by atoms with Gasteiger partial charge in [-0.15, -0.1) is 0 Å². The summed E-state index contributed by atoms with van der Waals surface area (Å²) in [6, 6.07) is -0.935. The Kier molecular flexibility index (Phi) is 30.1. The predicted molar refractivity (Wildman–Crippen MR) is 209 cm³/mol. The lowest BCUT2D eigenvalue weighted by Crippen LogP contribution is -2.61. The molecule has 0 aliphatic carbocycles. The summed E-state index contributed by atoms with van der Waals surface area (Å²) in [7, 11) is -5.07. The third-order valence-corrected chi connectivity index (χ3v) is 10.5. The third-order valence-electron chi connectivity index (χ3n) is 10.1. The number of unbranched alkanes of at least 4 members (excludes halogenated alkanes) is 23. The summed E-state index contributed by atoms with van der Waals surface area (Å²) in [5.74, 6) is -0.263. The third kappa shape index (κ3) is 25.6. The molecular weight excluding hydrogens is 703 g/mol. The van der Waals surface area contributed by atoms with Gasteiger partial charge in [0.1, 0.15) is 24.4 Å². The number of aliphatic hydroxyl groups is 4. The SMILES string of the molecule is CCCCCCCCC/C=C/C(O)C(COC1OC(CO)C(O)C(OS(=O)(=O)O)C1O)NC(=O)CCCCCCCCCCCCCCCCCCC. The minimum atomic E-state index is -5.07. The van der Waals surface area contributed by atoms with Gasteiger partial charge in [-0.3, -0.25) is 9.35 Å². The van der Waals surface area contributed by atoms with Gasteiger partial charge in [0.15, 0.2) is 6.29 Å². The van der Waals surface area contributed by atoms with Gasteiger partial charge in [0, 0.05) is 6.42 Å². The summed E-state index contributed by atoms with van der Waals surface area (Å²) in [5, 5.41) is 44.4. The van der Waals surface area contributed by atoms with Crippen molar-refractivity contribution in [3.8, 4) is 0 Å². The highest BCUT2D eigenvalue weighted by molar-refractivity contribution is 7.80. The maximum absolute atomic E-state index is 12.9. The molecule has 1 aliphatic heterocycles. The van der Waals surface area contributed by atoms with Crippen LogP contribution in [0.5, 0.6) is 0 Å². The molecule has 0 saturated carbocycles. The molecule has 0 bridgehead atoms. The molecule has 1 saturated heterocycles. The van der Waals surface area contributed by atoms with Gasteiger partial charge in [0.2, 0.25) is 5.91 Å². The summed E-state index contributed by atoms with van der Waals surface area (Å²) in [5.41, 5.74) is 0. The zero-order valence-corrected chi connectivity index (χ0v) is 33.9. The molecule has 53 heavy (non-hydrogen) atoms. The molecule has 0 radical (unpaired) electrons. The molecular formula is C40H77NO11S. The second-order valence-corrected chi connectivity index (χ2v) is 16.0. The molecule has 12 nitrogen and oxygen atoms in total. The second-order valence-electron chi connectivity index (χ2n) is 14.9. The van der Waals surface area contributed by atoms with Crippen LogP contribution in [-0.4, -0.2) is 95.4 Å². The molecule has 13 heteroatoms. The van der Waals surface area contributed by atoms with Crippen LogP contribution in [0.15, 0.2) is 12.2 Å². The van der Waals surface area contributed by atoms with E-state index in [4.69, 9.17) is 14.0 Å². The van der Waals surface area contributed by atoms with Gasteiger partial charge in [-0.05, 0) is 19.3 Å². The Morgan fingerprint density at radius 2 is 1.19 bits per heavy atom. The first-order valence-electron chi connectivity index (χ1n) is 21.1. The van der Waals surface area contributed by atoms with E-state index in [0.717, 1.165) is 44.9 Å². The summed E-state index contributed by atoms with van der Waals surface area (Å²) in [6.07, 6.45) is 24.1. The summed E-state index contributed by atoms with van der Waals surface area (Å²) in [4.78, 5) is 12.9. The minimum absolute atomic E-state index is 0.263. The predicted octanol–water partition coefficient (Wildman–Crippen LogP) is 7.21. The lowest BCUT2D eigenvalue weighted by molar-refractivity contribution is -0.298. The maximum atomic E-state index is 12.9. The molecule has 0 aromatic carbocycles. The number of hydrogen-bond donors (Lipinski definition) is 6. The summed E-state index contributed by atoms with van der Waals surface area (Å²) < 4.78 is 47.4. The van der Waals surface area contributed by atoms with E-state index in [-0.39, 0.29) is 18.9 Å². The molecule has 1 fully saturated rings. The quantitative estimate of drug-likeness (QED) is 0.0216. The first kappa shape index (κ1) is 49.9. The molecule has 6 N–H and O–H groups in total. The average molecular weight is 780 g/mol. The molecule has 1 aliphatic rings. The van der Waals surface area contributed by atoms with E-state index in [1.807, 2.05) is 6.08 Å². The van der Waals surface area contributed by atoms with Crippen molar-refractivity contribution in [3.05, 3.63) is 12.2 Å². The Labute approximate surface area is 321 Å². The molecule has 7 unspecified atom stereocenters. The van der Waals surface area contributed by atoms with Crippen LogP contribution in [-0.2, 0) is 28.9 Å². The molecule has 0 spiro atoms. The van der Waals surface area contributed by atoms with Gasteiger partial charge >= 0.3 is 10.4 Å². The highest BCUT2D eigenvalue weighted by Crippen LogP contribution is 2.26. The number of hydrogen-bond acceptors (Lipinski definition) is 10. The number of ether oxygens (including phenoxy) is 2. The van der Waals surface area contributed by atoms with Crippen LogP contribution < -0.4 is 5.32 Å². The number of rotatable bonds is 35. The first-order chi connectivity index (χ1) is 25.5. The van der Waals surface area contributed by atoms with E-state index in [9.17, 15) is 33.6 Å². The van der Waals surface area contributed by atoms with E-state index in [2.05, 4.69) is 23.3 Å². The zero-order chi connectivity index (χ0) is 39.2. The molecule has 1 amide bonds. The van der Waals surface area contributed by atoms with Crippen LogP contribution in [0.1, 0.15) is 181 Å². The van der Waals surface area contributed by atoms with Crippen LogP contribution in [0.2, 0.25) is 0 Å². The fourth-order valence-corrected chi connectivity index (χ4v) is 7.26. The van der Waals surface area contributed by atoms with E-state index < -0.39 is 59.9 Å². The van der Waals surface area contributed by atoms with E-state index in [1.165, 1.54) is 109 Å². The molecule has 7 atom stereocenters. The van der Waals surface area contributed by atoms with Gasteiger partial charge in [-0.1, -0.05) is 167 Å². The topological polar surface area (TPSA) is 192 Å². The smallest absolute Gasteiger partial charge is 0.394 e. The molecule has 314 valence electrons. The van der Waals surface area contributed by atoms with Gasteiger partial charge in [0.25, 0.3) is 0 Å². The maximum Gasteiger partial charge on any atom is 0.397 e. The zero-order valence-electron chi connectivity index (χ0n) is 33.1. The Balaban J connectivity index is 2.51. The monoisotopic (exact) mass is 780 g/mol. The number of carbonyl (C=O) groups is 1. The van der Waals surface area contributed by atoms with E-state index in [1.54, 1.807) is 6.08 Å². The van der Waals surface area contributed by atoms with Crippen LogP contribution in [0.4, 0.5) is 0 Å². The van der Waals surface area contributed by atoms with Crippen molar-refractivity contribution in [2.45, 2.75) is 224 Å². The van der Waals surface area contributed by atoms with Gasteiger partial charge in [-0.2, -0.15) is 8.42 Å². The van der Waals surface area contributed by atoms with Crippen LogP contribution in [0, 0.1) is 0 Å². The number of aliphatic hydroxyl groups excluding tert-OH is 4. The average Bonchev–Trinajstić information content (AvgIpc) is 3.12. The number of amides is 1. The van der Waals surface area contributed by atoms with Gasteiger partial charge < -0.3 is 35.2 Å². The molecule has 1 heterocycles. The first-order valence-corrected chi connectivity index (χ1v) is 22.4. The Hall–Kier alpha value is -1.16. The fraction of sp³-hybridized carbons (Fsp3) is 0.925. The number of carbonyl (C=O) groups excluding carboxylic acids is 1. The van der Waals surface area contributed by atoms with E-state index >= 15 is 0 Å². The van der Waals surface area contributed by atoms with Crippen molar-refractivity contribution in [3.63, 3.8) is 0 Å². The normalized spacial score (nSPS) is 22.0. The molecule has 0 aromatic rings. The van der Waals surface area contributed by atoms with Crippen molar-refractivity contribution >= 4 is 16.3 Å². The largest absolute Gasteiger partial charge is 0.397 e. The van der Waals surface area contributed by atoms with Crippen LogP contribution in [0.25, 0.3) is 0 Å². The van der Waals surface area contributed by atoms with Crippen molar-refractivity contribution in [1.82, 2.24) is 5.32 Å². The molecule has 0 aromatic heterocycles.